The van der Waals surface area contributed by atoms with Crippen molar-refractivity contribution in [1.82, 2.24) is 29.6 Å². The molecule has 0 bridgehead atoms. The van der Waals surface area contributed by atoms with Crippen molar-refractivity contribution in [3.05, 3.63) is 42.7 Å². The van der Waals surface area contributed by atoms with Crippen molar-refractivity contribution in [2.45, 2.75) is 30.6 Å². The summed E-state index contributed by atoms with van der Waals surface area (Å²) in [5.41, 5.74) is 0.953. The van der Waals surface area contributed by atoms with Crippen molar-refractivity contribution in [3.8, 4) is 17.1 Å². The van der Waals surface area contributed by atoms with Gasteiger partial charge < -0.3 is 19.3 Å². The first-order chi connectivity index (χ1) is 17.2. The molecular formula is C24H29N7O3S. The van der Waals surface area contributed by atoms with E-state index in [1.807, 2.05) is 29.2 Å². The van der Waals surface area contributed by atoms with Crippen molar-refractivity contribution in [2.24, 2.45) is 0 Å². The van der Waals surface area contributed by atoms with Gasteiger partial charge in [-0.15, -0.1) is 10.2 Å². The van der Waals surface area contributed by atoms with E-state index in [0.717, 1.165) is 54.8 Å². The molecule has 0 saturated carbocycles. The smallest absolute Gasteiger partial charge is 0.233 e. The molecular weight excluding hydrogens is 466 g/mol. The van der Waals surface area contributed by atoms with E-state index in [4.69, 9.17) is 9.47 Å². The van der Waals surface area contributed by atoms with Gasteiger partial charge in [0.05, 0.1) is 25.5 Å². The number of aromatic nitrogens is 5. The van der Waals surface area contributed by atoms with Crippen LogP contribution in [0.1, 0.15) is 12.8 Å². The highest BCUT2D eigenvalue weighted by Gasteiger charge is 2.25. The minimum absolute atomic E-state index is 0.0984. The van der Waals surface area contributed by atoms with Crippen LogP contribution in [-0.2, 0) is 16.1 Å². The van der Waals surface area contributed by atoms with Crippen LogP contribution in [0, 0.1) is 0 Å². The van der Waals surface area contributed by atoms with Crippen LogP contribution in [-0.4, -0.2) is 87.3 Å². The van der Waals surface area contributed by atoms with Gasteiger partial charge in [-0.2, -0.15) is 0 Å². The summed E-state index contributed by atoms with van der Waals surface area (Å²) in [5.74, 6) is 2.69. The number of piperazine rings is 1. The Hall–Kier alpha value is -3.18. The fraction of sp³-hybridized carbons (Fsp3) is 0.458. The molecule has 11 heteroatoms. The van der Waals surface area contributed by atoms with E-state index < -0.39 is 0 Å². The number of nitrogens with zero attached hydrogens (tertiary/aromatic N) is 7. The number of amides is 1. The standard InChI is InChI=1S/C24H29N7O3S/c1-33-19-7-5-18(6-8-19)22-27-28-24(31(22)16-20-4-2-15-34-20)35-17-21(32)29-11-13-30(14-12-29)23-25-9-3-10-26-23/h3,5-10,20H,2,4,11-17H2,1H3/t20-/m1/s1. The number of carbonyl (C=O) groups is 1. The first-order valence-electron chi connectivity index (χ1n) is 11.8. The van der Waals surface area contributed by atoms with Gasteiger partial charge in [0.15, 0.2) is 11.0 Å². The molecule has 2 fully saturated rings. The minimum atomic E-state index is 0.0984. The van der Waals surface area contributed by atoms with E-state index in [9.17, 15) is 4.79 Å². The van der Waals surface area contributed by atoms with Gasteiger partial charge in [0.25, 0.3) is 0 Å². The van der Waals surface area contributed by atoms with Gasteiger partial charge in [0, 0.05) is 50.7 Å². The fourth-order valence-corrected chi connectivity index (χ4v) is 5.18. The van der Waals surface area contributed by atoms with E-state index in [-0.39, 0.29) is 12.0 Å². The summed E-state index contributed by atoms with van der Waals surface area (Å²) in [5, 5.41) is 9.64. The van der Waals surface area contributed by atoms with Crippen LogP contribution in [0.25, 0.3) is 11.4 Å². The molecule has 0 N–H and O–H groups in total. The fourth-order valence-electron chi connectivity index (χ4n) is 4.33. The van der Waals surface area contributed by atoms with E-state index in [1.54, 1.807) is 25.6 Å². The molecule has 2 aliphatic heterocycles. The van der Waals surface area contributed by atoms with E-state index in [2.05, 4.69) is 29.6 Å². The molecule has 0 radical (unpaired) electrons. The summed E-state index contributed by atoms with van der Waals surface area (Å²) in [7, 11) is 1.65. The maximum Gasteiger partial charge on any atom is 0.233 e. The summed E-state index contributed by atoms with van der Waals surface area (Å²) in [4.78, 5) is 25.6. The number of benzene rings is 1. The van der Waals surface area contributed by atoms with Gasteiger partial charge in [-0.1, -0.05) is 11.8 Å². The van der Waals surface area contributed by atoms with E-state index >= 15 is 0 Å². The Bertz CT molecular complexity index is 1110. The van der Waals surface area contributed by atoms with E-state index in [0.29, 0.717) is 31.3 Å². The molecule has 10 nitrogen and oxygen atoms in total. The third-order valence-electron chi connectivity index (χ3n) is 6.27. The van der Waals surface area contributed by atoms with Gasteiger partial charge >= 0.3 is 0 Å². The maximum absolute atomic E-state index is 13.0. The van der Waals surface area contributed by atoms with Crippen molar-refractivity contribution >= 4 is 23.6 Å². The molecule has 2 aromatic heterocycles. The lowest BCUT2D eigenvalue weighted by atomic mass is 10.2. The Kier molecular flexibility index (Phi) is 7.43. The lowest BCUT2D eigenvalue weighted by Crippen LogP contribution is -2.49. The van der Waals surface area contributed by atoms with Crippen molar-refractivity contribution in [2.75, 3.05) is 50.5 Å². The van der Waals surface area contributed by atoms with Crippen LogP contribution in [0.2, 0.25) is 0 Å². The third-order valence-corrected chi connectivity index (χ3v) is 7.22. The number of ether oxygens (including phenoxy) is 2. The number of hydrogen-bond acceptors (Lipinski definition) is 9. The van der Waals surface area contributed by atoms with Crippen molar-refractivity contribution < 1.29 is 14.3 Å². The molecule has 1 amide bonds. The Balaban J connectivity index is 1.24. The first-order valence-corrected chi connectivity index (χ1v) is 12.8. The number of carbonyl (C=O) groups excluding carboxylic acids is 1. The van der Waals surface area contributed by atoms with Crippen molar-refractivity contribution in [1.29, 1.82) is 0 Å². The second kappa shape index (κ2) is 11.0. The summed E-state index contributed by atoms with van der Waals surface area (Å²) in [6.07, 6.45) is 5.68. The maximum atomic E-state index is 13.0. The topological polar surface area (TPSA) is 98.5 Å². The largest absolute Gasteiger partial charge is 0.497 e. The van der Waals surface area contributed by atoms with Gasteiger partial charge in [0.2, 0.25) is 11.9 Å². The van der Waals surface area contributed by atoms with Crippen LogP contribution in [0.3, 0.4) is 0 Å². The zero-order valence-electron chi connectivity index (χ0n) is 19.7. The van der Waals surface area contributed by atoms with Crippen LogP contribution in [0.5, 0.6) is 5.75 Å². The SMILES string of the molecule is COc1ccc(-c2nnc(SCC(=O)N3CCN(c4ncccn4)CC3)n2C[C@H]2CCCO2)cc1. The molecule has 0 unspecified atom stereocenters. The monoisotopic (exact) mass is 495 g/mol. The number of thioether (sulfide) groups is 1. The Morgan fingerprint density at radius 1 is 1.11 bits per heavy atom. The molecule has 1 atom stereocenters. The Labute approximate surface area is 208 Å². The molecule has 5 rings (SSSR count). The molecule has 0 aliphatic carbocycles. The molecule has 1 aromatic carbocycles. The number of anilines is 1. The number of methoxy groups -OCH3 is 1. The van der Waals surface area contributed by atoms with E-state index in [1.165, 1.54) is 11.8 Å². The molecule has 184 valence electrons. The summed E-state index contributed by atoms with van der Waals surface area (Å²) < 4.78 is 13.2. The molecule has 0 spiro atoms. The minimum Gasteiger partial charge on any atom is -0.497 e. The number of rotatable bonds is 8. The number of hydrogen-bond donors (Lipinski definition) is 0. The molecule has 2 saturated heterocycles. The highest BCUT2D eigenvalue weighted by atomic mass is 32.2. The van der Waals surface area contributed by atoms with Gasteiger partial charge in [-0.25, -0.2) is 9.97 Å². The van der Waals surface area contributed by atoms with Crippen LogP contribution in [0.4, 0.5) is 5.95 Å². The summed E-state index contributed by atoms with van der Waals surface area (Å²) in [6, 6.07) is 9.58. The van der Waals surface area contributed by atoms with Crippen LogP contribution in [0.15, 0.2) is 47.9 Å². The zero-order valence-corrected chi connectivity index (χ0v) is 20.6. The van der Waals surface area contributed by atoms with Crippen LogP contribution < -0.4 is 9.64 Å². The summed E-state index contributed by atoms with van der Waals surface area (Å²) >= 11 is 1.43. The molecule has 3 aromatic rings. The zero-order chi connectivity index (χ0) is 24.0. The normalized spacial score (nSPS) is 18.1. The highest BCUT2D eigenvalue weighted by molar-refractivity contribution is 7.99. The predicted molar refractivity (Wildman–Crippen MR) is 133 cm³/mol. The second-order valence-electron chi connectivity index (χ2n) is 8.49. The molecule has 4 heterocycles. The van der Waals surface area contributed by atoms with Gasteiger partial charge in [-0.05, 0) is 43.2 Å². The average molecular weight is 496 g/mol. The van der Waals surface area contributed by atoms with Crippen molar-refractivity contribution in [3.63, 3.8) is 0 Å². The molecule has 35 heavy (non-hydrogen) atoms. The average Bonchev–Trinajstić information content (AvgIpc) is 3.58. The highest BCUT2D eigenvalue weighted by Crippen LogP contribution is 2.28. The summed E-state index contributed by atoms with van der Waals surface area (Å²) in [6.45, 7) is 4.19. The lowest BCUT2D eigenvalue weighted by molar-refractivity contribution is -0.128. The quantitative estimate of drug-likeness (QED) is 0.436. The van der Waals surface area contributed by atoms with Crippen LogP contribution >= 0.6 is 11.8 Å². The second-order valence-corrected chi connectivity index (χ2v) is 9.43. The first kappa shape index (κ1) is 23.6. The van der Waals surface area contributed by atoms with Gasteiger partial charge in [0.1, 0.15) is 5.75 Å². The third kappa shape index (κ3) is 5.57. The Morgan fingerprint density at radius 2 is 1.89 bits per heavy atom. The Morgan fingerprint density at radius 3 is 2.57 bits per heavy atom. The lowest BCUT2D eigenvalue weighted by Gasteiger charge is -2.34. The van der Waals surface area contributed by atoms with Gasteiger partial charge in [-0.3, -0.25) is 9.36 Å². The molecule has 2 aliphatic rings. The predicted octanol–water partition coefficient (Wildman–Crippen LogP) is 2.36.